The van der Waals surface area contributed by atoms with Crippen LogP contribution in [0.25, 0.3) is 0 Å². The van der Waals surface area contributed by atoms with E-state index >= 15 is 0 Å². The summed E-state index contributed by atoms with van der Waals surface area (Å²) in [5, 5.41) is 0. The maximum Gasteiger partial charge on any atom is 0.150 e. The van der Waals surface area contributed by atoms with Gasteiger partial charge in [-0.25, -0.2) is 4.99 Å². The number of hydrogen-bond acceptors (Lipinski definition) is 3. The van der Waals surface area contributed by atoms with E-state index in [0.717, 1.165) is 24.1 Å². The second-order valence-corrected chi connectivity index (χ2v) is 3.82. The van der Waals surface area contributed by atoms with E-state index in [1.165, 1.54) is 0 Å². The van der Waals surface area contributed by atoms with Gasteiger partial charge in [0.25, 0.3) is 0 Å². The molecule has 0 aliphatic heterocycles. The van der Waals surface area contributed by atoms with Crippen LogP contribution in [0.5, 0.6) is 5.75 Å². The van der Waals surface area contributed by atoms with Gasteiger partial charge in [0.05, 0.1) is 13.4 Å². The molecule has 0 amide bonds. The summed E-state index contributed by atoms with van der Waals surface area (Å²) in [4.78, 5) is 17.1. The average Bonchev–Trinajstić information content (AvgIpc) is 2.35. The third kappa shape index (κ3) is 3.31. The van der Waals surface area contributed by atoms with E-state index in [9.17, 15) is 4.79 Å². The number of methoxy groups -OCH3 is 1. The van der Waals surface area contributed by atoms with Crippen molar-refractivity contribution in [1.82, 2.24) is 4.90 Å². The van der Waals surface area contributed by atoms with Crippen molar-refractivity contribution in [2.24, 2.45) is 4.99 Å². The Bertz CT molecular complexity index is 428. The molecule has 0 radical (unpaired) electrons. The van der Waals surface area contributed by atoms with Gasteiger partial charge in [-0.2, -0.15) is 0 Å². The lowest BCUT2D eigenvalue weighted by molar-refractivity contribution is 0.112. The molecule has 0 heterocycles. The van der Waals surface area contributed by atoms with Crippen LogP contribution >= 0.6 is 0 Å². The number of ether oxygens (including phenoxy) is 1. The molecule has 0 aliphatic carbocycles. The van der Waals surface area contributed by atoms with Crippen LogP contribution in [0.4, 0.5) is 5.69 Å². The summed E-state index contributed by atoms with van der Waals surface area (Å²) in [5.74, 6) is 0.610. The van der Waals surface area contributed by atoms with Gasteiger partial charge in [-0.3, -0.25) is 4.79 Å². The quantitative estimate of drug-likeness (QED) is 0.446. The lowest BCUT2D eigenvalue weighted by atomic mass is 10.1. The molecule has 1 aromatic carbocycles. The van der Waals surface area contributed by atoms with E-state index in [2.05, 4.69) is 4.99 Å². The van der Waals surface area contributed by atoms with Crippen LogP contribution < -0.4 is 4.74 Å². The van der Waals surface area contributed by atoms with Crippen LogP contribution in [0.3, 0.4) is 0 Å². The van der Waals surface area contributed by atoms with Crippen LogP contribution in [-0.4, -0.2) is 38.2 Å². The monoisotopic (exact) mass is 234 g/mol. The number of aryl methyl sites for hydroxylation is 1. The Balaban J connectivity index is 3.10. The van der Waals surface area contributed by atoms with Crippen LogP contribution in [0.15, 0.2) is 17.1 Å². The van der Waals surface area contributed by atoms with Crippen molar-refractivity contribution in [2.75, 3.05) is 20.7 Å². The SMILES string of the molecule is CCN(C)C=Nc1cc(C)c(C=O)cc1OC. The maximum atomic E-state index is 10.8. The minimum absolute atomic E-state index is 0.610. The van der Waals surface area contributed by atoms with E-state index < -0.39 is 0 Å². The maximum absolute atomic E-state index is 10.8. The van der Waals surface area contributed by atoms with Gasteiger partial charge in [0.2, 0.25) is 0 Å². The summed E-state index contributed by atoms with van der Waals surface area (Å²) >= 11 is 0. The Morgan fingerprint density at radius 2 is 2.18 bits per heavy atom. The topological polar surface area (TPSA) is 41.9 Å². The van der Waals surface area contributed by atoms with Crippen molar-refractivity contribution in [3.05, 3.63) is 23.3 Å². The van der Waals surface area contributed by atoms with Crippen LogP contribution in [0.2, 0.25) is 0 Å². The molecule has 1 rings (SSSR count). The summed E-state index contributed by atoms with van der Waals surface area (Å²) < 4.78 is 5.22. The fourth-order valence-corrected chi connectivity index (χ4v) is 1.32. The number of carbonyl (C=O) groups is 1. The standard InChI is InChI=1S/C13H18N2O2/c1-5-15(3)9-14-12-6-10(2)11(8-16)7-13(12)17-4/h6-9H,5H2,1-4H3. The summed E-state index contributed by atoms with van der Waals surface area (Å²) in [6, 6.07) is 3.56. The highest BCUT2D eigenvalue weighted by Crippen LogP contribution is 2.29. The number of nitrogens with zero attached hydrogens (tertiary/aromatic N) is 2. The van der Waals surface area contributed by atoms with Crippen molar-refractivity contribution < 1.29 is 9.53 Å². The number of carbonyl (C=O) groups excluding carboxylic acids is 1. The largest absolute Gasteiger partial charge is 0.494 e. The number of rotatable bonds is 5. The average molecular weight is 234 g/mol. The highest BCUT2D eigenvalue weighted by atomic mass is 16.5. The smallest absolute Gasteiger partial charge is 0.150 e. The lowest BCUT2D eigenvalue weighted by Gasteiger charge is -2.10. The van der Waals surface area contributed by atoms with E-state index in [-0.39, 0.29) is 0 Å². The van der Waals surface area contributed by atoms with Gasteiger partial charge < -0.3 is 9.64 Å². The zero-order chi connectivity index (χ0) is 12.8. The van der Waals surface area contributed by atoms with E-state index in [4.69, 9.17) is 4.74 Å². The molecule has 1 aromatic rings. The van der Waals surface area contributed by atoms with E-state index in [0.29, 0.717) is 11.3 Å². The number of aldehydes is 1. The van der Waals surface area contributed by atoms with Gasteiger partial charge in [-0.1, -0.05) is 0 Å². The minimum Gasteiger partial charge on any atom is -0.494 e. The molecule has 0 aromatic heterocycles. The van der Waals surface area contributed by atoms with Gasteiger partial charge in [0, 0.05) is 19.2 Å². The van der Waals surface area contributed by atoms with Gasteiger partial charge >= 0.3 is 0 Å². The summed E-state index contributed by atoms with van der Waals surface area (Å²) in [7, 11) is 3.52. The molecular formula is C13H18N2O2. The molecule has 0 spiro atoms. The lowest BCUT2D eigenvalue weighted by Crippen LogP contribution is -2.14. The second-order valence-electron chi connectivity index (χ2n) is 3.82. The summed E-state index contributed by atoms with van der Waals surface area (Å²) in [6.07, 6.45) is 2.57. The summed E-state index contributed by atoms with van der Waals surface area (Å²) in [6.45, 7) is 4.81. The summed E-state index contributed by atoms with van der Waals surface area (Å²) in [5.41, 5.74) is 2.26. The minimum atomic E-state index is 0.610. The number of benzene rings is 1. The zero-order valence-corrected chi connectivity index (χ0v) is 10.7. The first-order valence-corrected chi connectivity index (χ1v) is 5.50. The molecule has 4 nitrogen and oxygen atoms in total. The van der Waals surface area contributed by atoms with Crippen molar-refractivity contribution >= 4 is 18.3 Å². The van der Waals surface area contributed by atoms with Gasteiger partial charge in [-0.15, -0.1) is 0 Å². The van der Waals surface area contributed by atoms with Crippen LogP contribution in [0.1, 0.15) is 22.8 Å². The fourth-order valence-electron chi connectivity index (χ4n) is 1.32. The van der Waals surface area contributed by atoms with Crippen molar-refractivity contribution in [3.8, 4) is 5.75 Å². The molecule has 0 unspecified atom stereocenters. The molecule has 17 heavy (non-hydrogen) atoms. The van der Waals surface area contributed by atoms with Gasteiger partial charge in [0.1, 0.15) is 17.7 Å². The zero-order valence-electron chi connectivity index (χ0n) is 10.7. The predicted molar refractivity (Wildman–Crippen MR) is 69.6 cm³/mol. The fraction of sp³-hybridized carbons (Fsp3) is 0.385. The highest BCUT2D eigenvalue weighted by molar-refractivity contribution is 5.80. The Morgan fingerprint density at radius 1 is 1.47 bits per heavy atom. The molecule has 0 saturated heterocycles. The van der Waals surface area contributed by atoms with Crippen LogP contribution in [0, 0.1) is 6.92 Å². The molecule has 0 atom stereocenters. The van der Waals surface area contributed by atoms with E-state index in [1.807, 2.05) is 31.9 Å². The Labute approximate surface area is 102 Å². The van der Waals surface area contributed by atoms with Crippen molar-refractivity contribution in [3.63, 3.8) is 0 Å². The Hall–Kier alpha value is -1.84. The molecular weight excluding hydrogens is 216 g/mol. The second kappa shape index (κ2) is 6.03. The number of hydrogen-bond donors (Lipinski definition) is 0. The first-order valence-electron chi connectivity index (χ1n) is 5.50. The Morgan fingerprint density at radius 3 is 2.71 bits per heavy atom. The number of aliphatic imine (C=N–C) groups is 1. The third-order valence-corrected chi connectivity index (χ3v) is 2.59. The predicted octanol–water partition coefficient (Wildman–Crippen LogP) is 2.43. The van der Waals surface area contributed by atoms with Gasteiger partial charge in [-0.05, 0) is 31.5 Å². The first-order chi connectivity index (χ1) is 8.12. The van der Waals surface area contributed by atoms with Crippen molar-refractivity contribution in [1.29, 1.82) is 0 Å². The van der Waals surface area contributed by atoms with E-state index in [1.54, 1.807) is 19.5 Å². The molecule has 0 saturated carbocycles. The van der Waals surface area contributed by atoms with Crippen molar-refractivity contribution in [2.45, 2.75) is 13.8 Å². The molecule has 0 bridgehead atoms. The van der Waals surface area contributed by atoms with Gasteiger partial charge in [0.15, 0.2) is 0 Å². The first kappa shape index (κ1) is 13.2. The molecule has 0 N–H and O–H groups in total. The molecule has 92 valence electrons. The Kier molecular flexibility index (Phi) is 4.69. The molecule has 0 aliphatic rings. The van der Waals surface area contributed by atoms with Crippen LogP contribution in [-0.2, 0) is 0 Å². The highest BCUT2D eigenvalue weighted by Gasteiger charge is 2.06. The molecule has 0 fully saturated rings. The normalized spacial score (nSPS) is 10.6. The molecule has 4 heteroatoms. The third-order valence-electron chi connectivity index (χ3n) is 2.59.